The Labute approximate surface area is 182 Å². The van der Waals surface area contributed by atoms with Gasteiger partial charge < -0.3 is 14.2 Å². The number of methoxy groups -OCH3 is 1. The van der Waals surface area contributed by atoms with Crippen molar-refractivity contribution < 1.29 is 19.0 Å². The molecule has 0 spiro atoms. The standard InChI is InChI=1S/C25H26N2O4/c1-4-30-24-15-21(11-14-23(24)29-3)25(28)27-26-16-19-9-12-22(13-10-19)31-17-20-7-5-18(2)6-8-20/h5-16H,4,17H2,1-3H3,(H,27,28)/b26-16+. The maximum absolute atomic E-state index is 12.3. The van der Waals surface area contributed by atoms with E-state index >= 15 is 0 Å². The fourth-order valence-corrected chi connectivity index (χ4v) is 2.82. The zero-order chi connectivity index (χ0) is 22.1. The van der Waals surface area contributed by atoms with Crippen molar-refractivity contribution in [3.8, 4) is 17.2 Å². The summed E-state index contributed by atoms with van der Waals surface area (Å²) < 4.78 is 16.5. The van der Waals surface area contributed by atoms with Gasteiger partial charge in [-0.15, -0.1) is 0 Å². The quantitative estimate of drug-likeness (QED) is 0.402. The van der Waals surface area contributed by atoms with Crippen molar-refractivity contribution in [1.82, 2.24) is 5.43 Å². The third kappa shape index (κ3) is 6.34. The van der Waals surface area contributed by atoms with Crippen LogP contribution in [0.5, 0.6) is 17.2 Å². The molecule has 6 heteroatoms. The van der Waals surface area contributed by atoms with Crippen molar-refractivity contribution in [2.24, 2.45) is 5.10 Å². The molecule has 0 saturated carbocycles. The van der Waals surface area contributed by atoms with Gasteiger partial charge in [-0.1, -0.05) is 29.8 Å². The van der Waals surface area contributed by atoms with Gasteiger partial charge in [0.05, 0.1) is 19.9 Å². The van der Waals surface area contributed by atoms with Crippen LogP contribution in [0.25, 0.3) is 0 Å². The van der Waals surface area contributed by atoms with Crippen molar-refractivity contribution in [3.63, 3.8) is 0 Å². The lowest BCUT2D eigenvalue weighted by molar-refractivity contribution is 0.0954. The number of hydrazone groups is 1. The van der Waals surface area contributed by atoms with Crippen molar-refractivity contribution in [2.75, 3.05) is 13.7 Å². The Morgan fingerprint density at radius 3 is 2.39 bits per heavy atom. The fourth-order valence-electron chi connectivity index (χ4n) is 2.82. The van der Waals surface area contributed by atoms with Gasteiger partial charge in [-0.05, 0) is 67.4 Å². The summed E-state index contributed by atoms with van der Waals surface area (Å²) in [6.45, 7) is 4.91. The van der Waals surface area contributed by atoms with Gasteiger partial charge in [0.2, 0.25) is 0 Å². The molecule has 160 valence electrons. The third-order valence-electron chi connectivity index (χ3n) is 4.51. The summed E-state index contributed by atoms with van der Waals surface area (Å²) in [6, 6.07) is 20.7. The number of nitrogens with one attached hydrogen (secondary N) is 1. The highest BCUT2D eigenvalue weighted by Gasteiger charge is 2.10. The topological polar surface area (TPSA) is 69.2 Å². The van der Waals surface area contributed by atoms with E-state index in [1.807, 2.05) is 31.2 Å². The summed E-state index contributed by atoms with van der Waals surface area (Å²) in [4.78, 5) is 12.3. The zero-order valence-corrected chi connectivity index (χ0v) is 17.9. The lowest BCUT2D eigenvalue weighted by Gasteiger charge is -2.10. The highest BCUT2D eigenvalue weighted by Crippen LogP contribution is 2.28. The first-order chi connectivity index (χ1) is 15.1. The van der Waals surface area contributed by atoms with Crippen LogP contribution in [0, 0.1) is 6.92 Å². The molecule has 0 aliphatic heterocycles. The molecule has 0 aliphatic carbocycles. The van der Waals surface area contributed by atoms with Gasteiger partial charge in [0.1, 0.15) is 12.4 Å². The van der Waals surface area contributed by atoms with E-state index in [4.69, 9.17) is 14.2 Å². The number of hydrogen-bond acceptors (Lipinski definition) is 5. The Morgan fingerprint density at radius 2 is 1.71 bits per heavy atom. The Kier molecular flexibility index (Phi) is 7.65. The molecule has 1 amide bonds. The number of hydrogen-bond donors (Lipinski definition) is 1. The normalized spacial score (nSPS) is 10.7. The number of aryl methyl sites for hydroxylation is 1. The molecular formula is C25H26N2O4. The van der Waals surface area contributed by atoms with Gasteiger partial charge in [-0.3, -0.25) is 4.79 Å². The van der Waals surface area contributed by atoms with E-state index in [0.29, 0.717) is 30.3 Å². The van der Waals surface area contributed by atoms with E-state index < -0.39 is 0 Å². The predicted octanol–water partition coefficient (Wildman–Crippen LogP) is 4.75. The van der Waals surface area contributed by atoms with Crippen LogP contribution in [0.1, 0.15) is 34.0 Å². The number of benzene rings is 3. The molecule has 3 rings (SSSR count). The van der Waals surface area contributed by atoms with Crippen molar-refractivity contribution >= 4 is 12.1 Å². The number of amides is 1. The number of ether oxygens (including phenoxy) is 3. The molecule has 31 heavy (non-hydrogen) atoms. The van der Waals surface area contributed by atoms with Crippen molar-refractivity contribution in [3.05, 3.63) is 89.0 Å². The minimum atomic E-state index is -0.335. The summed E-state index contributed by atoms with van der Waals surface area (Å²) >= 11 is 0. The number of nitrogens with zero attached hydrogens (tertiary/aromatic N) is 1. The van der Waals surface area contributed by atoms with Crippen LogP contribution >= 0.6 is 0 Å². The molecule has 0 bridgehead atoms. The van der Waals surface area contributed by atoms with Gasteiger partial charge in [0.15, 0.2) is 11.5 Å². The summed E-state index contributed by atoms with van der Waals surface area (Å²) in [5.74, 6) is 1.52. The molecule has 0 radical (unpaired) electrons. The number of rotatable bonds is 9. The first kappa shape index (κ1) is 21.9. The van der Waals surface area contributed by atoms with Crippen LogP contribution in [-0.4, -0.2) is 25.8 Å². The molecule has 0 atom stereocenters. The molecule has 3 aromatic carbocycles. The molecule has 3 aromatic rings. The summed E-state index contributed by atoms with van der Waals surface area (Å²) in [5.41, 5.74) is 6.13. The molecular weight excluding hydrogens is 392 g/mol. The Morgan fingerprint density at radius 1 is 0.968 bits per heavy atom. The van der Waals surface area contributed by atoms with Gasteiger partial charge >= 0.3 is 0 Å². The first-order valence-corrected chi connectivity index (χ1v) is 10.0. The molecule has 0 saturated heterocycles. The Hall–Kier alpha value is -3.80. The van der Waals surface area contributed by atoms with E-state index in [1.165, 1.54) is 5.56 Å². The average molecular weight is 418 g/mol. The van der Waals surface area contributed by atoms with Gasteiger partial charge in [-0.2, -0.15) is 5.10 Å². The largest absolute Gasteiger partial charge is 0.493 e. The average Bonchev–Trinajstić information content (AvgIpc) is 2.79. The summed E-state index contributed by atoms with van der Waals surface area (Å²) in [6.07, 6.45) is 1.58. The Bertz CT molecular complexity index is 1030. The fraction of sp³-hybridized carbons (Fsp3) is 0.200. The molecule has 0 aromatic heterocycles. The lowest BCUT2D eigenvalue weighted by Crippen LogP contribution is -2.17. The second kappa shape index (κ2) is 10.8. The highest BCUT2D eigenvalue weighted by molar-refractivity contribution is 5.95. The minimum absolute atomic E-state index is 0.335. The second-order valence-electron chi connectivity index (χ2n) is 6.84. The first-order valence-electron chi connectivity index (χ1n) is 10.0. The maximum Gasteiger partial charge on any atom is 0.271 e. The number of carbonyl (C=O) groups excluding carboxylic acids is 1. The van der Waals surface area contributed by atoms with E-state index in [0.717, 1.165) is 16.9 Å². The third-order valence-corrected chi connectivity index (χ3v) is 4.51. The molecule has 6 nitrogen and oxygen atoms in total. The second-order valence-corrected chi connectivity index (χ2v) is 6.84. The number of carbonyl (C=O) groups is 1. The van der Waals surface area contributed by atoms with Crippen molar-refractivity contribution in [2.45, 2.75) is 20.5 Å². The molecule has 0 heterocycles. The minimum Gasteiger partial charge on any atom is -0.493 e. The van der Waals surface area contributed by atoms with Crippen LogP contribution in [0.15, 0.2) is 71.8 Å². The van der Waals surface area contributed by atoms with Crippen LogP contribution in [0.3, 0.4) is 0 Å². The van der Waals surface area contributed by atoms with Crippen molar-refractivity contribution in [1.29, 1.82) is 0 Å². The SMILES string of the molecule is CCOc1cc(C(=O)N/N=C/c2ccc(OCc3ccc(C)cc3)cc2)ccc1OC. The molecule has 0 aliphatic rings. The zero-order valence-electron chi connectivity index (χ0n) is 17.9. The van der Waals surface area contributed by atoms with E-state index in [1.54, 1.807) is 31.5 Å². The van der Waals surface area contributed by atoms with Crippen LogP contribution in [-0.2, 0) is 6.61 Å². The van der Waals surface area contributed by atoms with Gasteiger partial charge in [-0.25, -0.2) is 5.43 Å². The van der Waals surface area contributed by atoms with Crippen LogP contribution < -0.4 is 19.6 Å². The van der Waals surface area contributed by atoms with Gasteiger partial charge in [0.25, 0.3) is 5.91 Å². The monoisotopic (exact) mass is 418 g/mol. The summed E-state index contributed by atoms with van der Waals surface area (Å²) in [5, 5.41) is 4.03. The molecule has 1 N–H and O–H groups in total. The molecule has 0 unspecified atom stereocenters. The van der Waals surface area contributed by atoms with E-state index in [2.05, 4.69) is 41.7 Å². The highest BCUT2D eigenvalue weighted by atomic mass is 16.5. The van der Waals surface area contributed by atoms with E-state index in [-0.39, 0.29) is 5.91 Å². The molecule has 0 fully saturated rings. The maximum atomic E-state index is 12.3. The Balaban J connectivity index is 1.54. The van der Waals surface area contributed by atoms with Crippen LogP contribution in [0.2, 0.25) is 0 Å². The predicted molar refractivity (Wildman–Crippen MR) is 121 cm³/mol. The van der Waals surface area contributed by atoms with Crippen LogP contribution in [0.4, 0.5) is 0 Å². The lowest BCUT2D eigenvalue weighted by atomic mass is 10.2. The van der Waals surface area contributed by atoms with E-state index in [9.17, 15) is 4.79 Å². The smallest absolute Gasteiger partial charge is 0.271 e. The summed E-state index contributed by atoms with van der Waals surface area (Å²) in [7, 11) is 1.56. The van der Waals surface area contributed by atoms with Gasteiger partial charge in [0, 0.05) is 5.56 Å².